The molecule has 0 atom stereocenters. The van der Waals surface area contributed by atoms with Gasteiger partial charge in [0.15, 0.2) is 0 Å². The van der Waals surface area contributed by atoms with Crippen molar-refractivity contribution in [3.8, 4) is 0 Å². The first-order valence-electron chi connectivity index (χ1n) is 7.53. The number of hydrogen-bond acceptors (Lipinski definition) is 4. The van der Waals surface area contributed by atoms with Crippen molar-refractivity contribution >= 4 is 50.9 Å². The minimum atomic E-state index is -0.403. The Kier molecular flexibility index (Phi) is 4.76. The molecule has 0 amide bonds. The number of anilines is 1. The number of imidazole rings is 1. The van der Waals surface area contributed by atoms with Crippen molar-refractivity contribution in [1.82, 2.24) is 14.5 Å². The lowest BCUT2D eigenvalue weighted by molar-refractivity contribution is 0.0604. The molecule has 25 heavy (non-hydrogen) atoms. The third-order valence-electron chi connectivity index (χ3n) is 3.79. The Bertz CT molecular complexity index is 946. The Balaban J connectivity index is 1.95. The number of ether oxygens (including phenoxy) is 1. The van der Waals surface area contributed by atoms with Gasteiger partial charge < -0.3 is 19.6 Å². The summed E-state index contributed by atoms with van der Waals surface area (Å²) in [5, 5.41) is 4.02. The van der Waals surface area contributed by atoms with Gasteiger partial charge in [-0.1, -0.05) is 35.2 Å². The number of aromatic amines is 1. The van der Waals surface area contributed by atoms with Crippen molar-refractivity contribution in [2.45, 2.75) is 6.54 Å². The van der Waals surface area contributed by atoms with Crippen LogP contribution in [0.15, 0.2) is 42.0 Å². The molecule has 0 fully saturated rings. The van der Waals surface area contributed by atoms with Crippen molar-refractivity contribution < 1.29 is 9.53 Å². The van der Waals surface area contributed by atoms with E-state index in [9.17, 15) is 4.79 Å². The van der Waals surface area contributed by atoms with E-state index in [2.05, 4.69) is 44.4 Å². The van der Waals surface area contributed by atoms with Gasteiger partial charge in [0.1, 0.15) is 17.2 Å². The number of H-pyrrole nitrogens is 1. The first-order chi connectivity index (χ1) is 12.1. The van der Waals surface area contributed by atoms with Gasteiger partial charge in [0.25, 0.3) is 0 Å². The average molecular weight is 401 g/mol. The number of nitrogens with one attached hydrogen (secondary N) is 2. The topological polar surface area (TPSA) is 71.9 Å². The summed E-state index contributed by atoms with van der Waals surface area (Å²) in [6.45, 7) is 7.90. The Morgan fingerprint density at radius 1 is 1.48 bits per heavy atom. The highest BCUT2D eigenvalue weighted by Crippen LogP contribution is 2.29. The Hall–Kier alpha value is -2.80. The van der Waals surface area contributed by atoms with Crippen LogP contribution in [0.5, 0.6) is 0 Å². The SMILES string of the molecule is C=Cc1nc(CNc2[nH]c3cc(Br)ccc3c2C(=O)OC)cn1C=C. The van der Waals surface area contributed by atoms with Crippen molar-refractivity contribution in [2.75, 3.05) is 12.4 Å². The van der Waals surface area contributed by atoms with Gasteiger partial charge in [0.05, 0.1) is 19.3 Å². The average Bonchev–Trinajstić information content (AvgIpc) is 3.19. The van der Waals surface area contributed by atoms with Gasteiger partial charge in [0.2, 0.25) is 0 Å². The maximum Gasteiger partial charge on any atom is 0.342 e. The van der Waals surface area contributed by atoms with Crippen LogP contribution in [0, 0.1) is 0 Å². The van der Waals surface area contributed by atoms with Crippen LogP contribution in [0.25, 0.3) is 23.2 Å². The number of halogens is 1. The fraction of sp³-hybridized carbons (Fsp3) is 0.111. The van der Waals surface area contributed by atoms with Gasteiger partial charge in [-0.15, -0.1) is 0 Å². The lowest BCUT2D eigenvalue weighted by Crippen LogP contribution is -2.07. The van der Waals surface area contributed by atoms with Gasteiger partial charge in [-0.05, 0) is 18.2 Å². The van der Waals surface area contributed by atoms with Gasteiger partial charge in [-0.3, -0.25) is 0 Å². The molecule has 128 valence electrons. The van der Waals surface area contributed by atoms with E-state index in [0.29, 0.717) is 23.8 Å². The number of rotatable bonds is 6. The van der Waals surface area contributed by atoms with Crippen LogP contribution in [0.1, 0.15) is 21.9 Å². The number of carbonyl (C=O) groups is 1. The lowest BCUT2D eigenvalue weighted by atomic mass is 10.1. The third-order valence-corrected chi connectivity index (χ3v) is 4.28. The molecule has 0 aliphatic rings. The molecule has 0 spiro atoms. The highest BCUT2D eigenvalue weighted by Gasteiger charge is 2.19. The smallest absolute Gasteiger partial charge is 0.342 e. The monoisotopic (exact) mass is 400 g/mol. The summed E-state index contributed by atoms with van der Waals surface area (Å²) < 4.78 is 7.63. The first-order valence-corrected chi connectivity index (χ1v) is 8.32. The number of carbonyl (C=O) groups excluding carboxylic acids is 1. The van der Waals surface area contributed by atoms with Crippen LogP contribution in [0.3, 0.4) is 0 Å². The van der Waals surface area contributed by atoms with Crippen molar-refractivity contribution in [2.24, 2.45) is 0 Å². The summed E-state index contributed by atoms with van der Waals surface area (Å²) in [5.74, 6) is 0.897. The van der Waals surface area contributed by atoms with E-state index in [1.54, 1.807) is 16.8 Å². The largest absolute Gasteiger partial charge is 0.465 e. The molecule has 0 aliphatic carbocycles. The maximum absolute atomic E-state index is 12.2. The summed E-state index contributed by atoms with van der Waals surface area (Å²) in [6, 6.07) is 5.67. The summed E-state index contributed by atoms with van der Waals surface area (Å²) in [7, 11) is 1.37. The van der Waals surface area contributed by atoms with Crippen LogP contribution >= 0.6 is 15.9 Å². The second kappa shape index (κ2) is 6.98. The van der Waals surface area contributed by atoms with Crippen LogP contribution in [-0.4, -0.2) is 27.6 Å². The highest BCUT2D eigenvalue weighted by molar-refractivity contribution is 9.10. The predicted molar refractivity (Wildman–Crippen MR) is 103 cm³/mol. The zero-order valence-corrected chi connectivity index (χ0v) is 15.3. The first kappa shape index (κ1) is 17.0. The van der Waals surface area contributed by atoms with E-state index < -0.39 is 5.97 Å². The summed E-state index contributed by atoms with van der Waals surface area (Å²) in [4.78, 5) is 19.9. The molecular formula is C18H17BrN4O2. The number of hydrogen-bond donors (Lipinski definition) is 2. The maximum atomic E-state index is 12.2. The number of fused-ring (bicyclic) bond motifs is 1. The zero-order valence-electron chi connectivity index (χ0n) is 13.7. The number of nitrogens with zero attached hydrogens (tertiary/aromatic N) is 2. The molecule has 1 aromatic carbocycles. The molecule has 2 heterocycles. The molecular weight excluding hydrogens is 384 g/mol. The molecule has 3 aromatic rings. The molecule has 0 unspecified atom stereocenters. The van der Waals surface area contributed by atoms with Crippen LogP contribution in [0.4, 0.5) is 5.82 Å². The van der Waals surface area contributed by atoms with Gasteiger partial charge >= 0.3 is 5.97 Å². The summed E-state index contributed by atoms with van der Waals surface area (Å²) in [6.07, 6.45) is 5.17. The van der Waals surface area contributed by atoms with Crippen LogP contribution in [0.2, 0.25) is 0 Å². The minimum absolute atomic E-state index is 0.403. The summed E-state index contributed by atoms with van der Waals surface area (Å²) >= 11 is 3.43. The van der Waals surface area contributed by atoms with Crippen molar-refractivity contribution in [3.05, 3.63) is 59.1 Å². The Morgan fingerprint density at radius 3 is 2.92 bits per heavy atom. The van der Waals surface area contributed by atoms with E-state index in [1.807, 2.05) is 24.4 Å². The minimum Gasteiger partial charge on any atom is -0.465 e. The molecule has 2 aromatic heterocycles. The third kappa shape index (κ3) is 3.23. The fourth-order valence-corrected chi connectivity index (χ4v) is 3.00. The molecule has 0 saturated heterocycles. The molecule has 0 bridgehead atoms. The molecule has 0 aliphatic heterocycles. The number of benzene rings is 1. The molecule has 3 rings (SSSR count). The molecule has 0 saturated carbocycles. The molecule has 6 nitrogen and oxygen atoms in total. The van der Waals surface area contributed by atoms with Gasteiger partial charge in [-0.2, -0.15) is 0 Å². The predicted octanol–water partition coefficient (Wildman–Crippen LogP) is 4.27. The van der Waals surface area contributed by atoms with Gasteiger partial charge in [-0.25, -0.2) is 9.78 Å². The highest BCUT2D eigenvalue weighted by atomic mass is 79.9. The summed E-state index contributed by atoms with van der Waals surface area (Å²) in [5.41, 5.74) is 2.10. The molecule has 7 heteroatoms. The van der Waals surface area contributed by atoms with Crippen molar-refractivity contribution in [3.63, 3.8) is 0 Å². The van der Waals surface area contributed by atoms with E-state index in [0.717, 1.165) is 21.1 Å². The van der Waals surface area contributed by atoms with Crippen LogP contribution in [-0.2, 0) is 11.3 Å². The number of methoxy groups -OCH3 is 1. The van der Waals surface area contributed by atoms with E-state index in [4.69, 9.17) is 4.74 Å². The lowest BCUT2D eigenvalue weighted by Gasteiger charge is -2.05. The Morgan fingerprint density at radius 2 is 2.28 bits per heavy atom. The number of aromatic nitrogens is 3. The standard InChI is InChI=1S/C18H17BrN4O2/c1-4-15-21-12(10-23(15)5-2)9-20-17-16(18(24)25-3)13-7-6-11(19)8-14(13)22-17/h4-8,10,20,22H,1-2,9H2,3H3. The van der Waals surface area contributed by atoms with E-state index >= 15 is 0 Å². The Labute approximate surface area is 153 Å². The molecule has 0 radical (unpaired) electrons. The van der Waals surface area contributed by atoms with Gasteiger partial charge in [0, 0.05) is 27.8 Å². The van der Waals surface area contributed by atoms with E-state index in [-0.39, 0.29) is 0 Å². The second-order valence-corrected chi connectivity index (χ2v) is 6.21. The number of esters is 1. The van der Waals surface area contributed by atoms with Crippen molar-refractivity contribution in [1.29, 1.82) is 0 Å². The second-order valence-electron chi connectivity index (χ2n) is 5.29. The van der Waals surface area contributed by atoms with Crippen LogP contribution < -0.4 is 5.32 Å². The zero-order chi connectivity index (χ0) is 18.0. The van der Waals surface area contributed by atoms with E-state index in [1.165, 1.54) is 7.11 Å². The quantitative estimate of drug-likeness (QED) is 0.606. The normalized spacial score (nSPS) is 10.6. The fourth-order valence-electron chi connectivity index (χ4n) is 2.64. The molecule has 2 N–H and O–H groups in total.